The van der Waals surface area contributed by atoms with Crippen LogP contribution >= 0.6 is 0 Å². The van der Waals surface area contributed by atoms with Crippen molar-refractivity contribution in [2.75, 3.05) is 14.2 Å². The molecular weight excluding hydrogens is 296 g/mol. The second-order valence-electron chi connectivity index (χ2n) is 6.64. The van der Waals surface area contributed by atoms with E-state index in [4.69, 9.17) is 9.47 Å². The van der Waals surface area contributed by atoms with E-state index in [1.54, 1.807) is 14.2 Å². The molecule has 3 rings (SSSR count). The highest BCUT2D eigenvalue weighted by Crippen LogP contribution is 2.46. The Balaban J connectivity index is 2.10. The average Bonchev–Trinajstić information content (AvgIpc) is 2.77. The maximum absolute atomic E-state index is 5.42. The van der Waals surface area contributed by atoms with Crippen LogP contribution in [0.1, 0.15) is 43.4 Å². The monoisotopic (exact) mass is 322 g/mol. The SMILES string of the molecule is C/C=C1\c2ccc(OC)cc2CCCC1(C)c1ccc(OC)cc1. The fourth-order valence-electron chi connectivity index (χ4n) is 3.96. The number of fused-ring (bicyclic) bond motifs is 1. The standard InChI is InChI=1S/C22H26O2/c1-5-21-20-13-12-19(24-4)15-16(20)7-6-14-22(21,2)17-8-10-18(23-3)11-9-17/h5,8-13,15H,6-7,14H2,1-4H3/b21-5+. The smallest absolute Gasteiger partial charge is 0.119 e. The summed E-state index contributed by atoms with van der Waals surface area (Å²) >= 11 is 0. The molecule has 0 aliphatic heterocycles. The number of allylic oxidation sites excluding steroid dienone is 2. The van der Waals surface area contributed by atoms with Crippen molar-refractivity contribution in [2.45, 2.75) is 38.5 Å². The number of hydrogen-bond donors (Lipinski definition) is 0. The molecule has 1 aliphatic carbocycles. The number of benzene rings is 2. The Kier molecular flexibility index (Phi) is 4.66. The first-order valence-corrected chi connectivity index (χ1v) is 8.61. The number of hydrogen-bond acceptors (Lipinski definition) is 2. The van der Waals surface area contributed by atoms with Crippen molar-refractivity contribution in [1.29, 1.82) is 0 Å². The highest BCUT2D eigenvalue weighted by molar-refractivity contribution is 5.78. The number of methoxy groups -OCH3 is 2. The predicted octanol–water partition coefficient (Wildman–Crippen LogP) is 5.40. The van der Waals surface area contributed by atoms with Crippen LogP contribution in [-0.2, 0) is 11.8 Å². The minimum Gasteiger partial charge on any atom is -0.497 e. The van der Waals surface area contributed by atoms with Gasteiger partial charge in [0.1, 0.15) is 11.5 Å². The molecule has 2 aromatic rings. The molecule has 0 spiro atoms. The number of rotatable bonds is 3. The van der Waals surface area contributed by atoms with E-state index in [2.05, 4.69) is 62.4 Å². The lowest BCUT2D eigenvalue weighted by molar-refractivity contribution is 0.414. The Morgan fingerprint density at radius 2 is 1.62 bits per heavy atom. The Labute approximate surface area is 145 Å². The van der Waals surface area contributed by atoms with Gasteiger partial charge in [-0.25, -0.2) is 0 Å². The second-order valence-corrected chi connectivity index (χ2v) is 6.64. The summed E-state index contributed by atoms with van der Waals surface area (Å²) in [6.45, 7) is 4.51. The number of aryl methyl sites for hydroxylation is 1. The van der Waals surface area contributed by atoms with Crippen LogP contribution in [-0.4, -0.2) is 14.2 Å². The summed E-state index contributed by atoms with van der Waals surface area (Å²) in [6, 6.07) is 15.0. The molecule has 0 N–H and O–H groups in total. The van der Waals surface area contributed by atoms with Gasteiger partial charge in [-0.2, -0.15) is 0 Å². The summed E-state index contributed by atoms with van der Waals surface area (Å²) in [5.41, 5.74) is 5.51. The van der Waals surface area contributed by atoms with Gasteiger partial charge in [0, 0.05) is 5.41 Å². The van der Waals surface area contributed by atoms with E-state index in [0.717, 1.165) is 24.3 Å². The van der Waals surface area contributed by atoms with E-state index in [0.29, 0.717) is 0 Å². The van der Waals surface area contributed by atoms with Crippen molar-refractivity contribution < 1.29 is 9.47 Å². The van der Waals surface area contributed by atoms with Crippen molar-refractivity contribution >= 4 is 5.57 Å². The van der Waals surface area contributed by atoms with E-state index >= 15 is 0 Å². The fourth-order valence-corrected chi connectivity index (χ4v) is 3.96. The Morgan fingerprint density at radius 3 is 2.25 bits per heavy atom. The third-order valence-electron chi connectivity index (χ3n) is 5.34. The molecule has 0 radical (unpaired) electrons. The van der Waals surface area contributed by atoms with E-state index < -0.39 is 0 Å². The maximum atomic E-state index is 5.42. The lowest BCUT2D eigenvalue weighted by Gasteiger charge is -2.32. The van der Waals surface area contributed by atoms with Crippen LogP contribution in [0.15, 0.2) is 48.5 Å². The molecule has 0 aromatic heterocycles. The molecule has 0 heterocycles. The minimum absolute atomic E-state index is 0.0147. The van der Waals surface area contributed by atoms with E-state index in [-0.39, 0.29) is 5.41 Å². The Morgan fingerprint density at radius 1 is 0.958 bits per heavy atom. The van der Waals surface area contributed by atoms with Gasteiger partial charge in [0.2, 0.25) is 0 Å². The molecule has 2 nitrogen and oxygen atoms in total. The molecule has 0 amide bonds. The van der Waals surface area contributed by atoms with Crippen LogP contribution in [0.3, 0.4) is 0 Å². The van der Waals surface area contributed by atoms with E-state index in [1.165, 1.54) is 28.7 Å². The zero-order valence-electron chi connectivity index (χ0n) is 15.1. The molecule has 0 fully saturated rings. The van der Waals surface area contributed by atoms with Gasteiger partial charge in [0.15, 0.2) is 0 Å². The van der Waals surface area contributed by atoms with Gasteiger partial charge in [-0.1, -0.05) is 31.2 Å². The molecule has 0 bridgehead atoms. The lowest BCUT2D eigenvalue weighted by Crippen LogP contribution is -2.23. The van der Waals surface area contributed by atoms with Crippen LogP contribution in [0.4, 0.5) is 0 Å². The normalized spacial score (nSPS) is 21.9. The Hall–Kier alpha value is -2.22. The van der Waals surface area contributed by atoms with Crippen LogP contribution in [0.25, 0.3) is 5.57 Å². The molecule has 1 aliphatic rings. The van der Waals surface area contributed by atoms with Crippen molar-refractivity contribution in [3.63, 3.8) is 0 Å². The highest BCUT2D eigenvalue weighted by atomic mass is 16.5. The lowest BCUT2D eigenvalue weighted by atomic mass is 9.71. The largest absolute Gasteiger partial charge is 0.497 e. The van der Waals surface area contributed by atoms with Gasteiger partial charge >= 0.3 is 0 Å². The molecule has 24 heavy (non-hydrogen) atoms. The van der Waals surface area contributed by atoms with E-state index in [9.17, 15) is 0 Å². The zero-order valence-corrected chi connectivity index (χ0v) is 15.1. The first-order valence-electron chi connectivity index (χ1n) is 8.61. The van der Waals surface area contributed by atoms with Gasteiger partial charge in [-0.15, -0.1) is 0 Å². The summed E-state index contributed by atoms with van der Waals surface area (Å²) in [6.07, 6.45) is 5.67. The van der Waals surface area contributed by atoms with Crippen molar-refractivity contribution in [2.24, 2.45) is 0 Å². The first-order chi connectivity index (χ1) is 11.6. The second kappa shape index (κ2) is 6.72. The van der Waals surface area contributed by atoms with E-state index in [1.807, 2.05) is 0 Å². The summed E-state index contributed by atoms with van der Waals surface area (Å²) in [5.74, 6) is 1.85. The quantitative estimate of drug-likeness (QED) is 0.704. The predicted molar refractivity (Wildman–Crippen MR) is 99.9 cm³/mol. The molecule has 126 valence electrons. The molecular formula is C22H26O2. The minimum atomic E-state index is 0.0147. The van der Waals surface area contributed by atoms with Crippen molar-refractivity contribution in [3.8, 4) is 11.5 Å². The molecule has 1 atom stereocenters. The van der Waals surface area contributed by atoms with Crippen LogP contribution in [0, 0.1) is 0 Å². The molecule has 2 heteroatoms. The highest BCUT2D eigenvalue weighted by Gasteiger charge is 2.34. The summed E-state index contributed by atoms with van der Waals surface area (Å²) < 4.78 is 10.7. The summed E-state index contributed by atoms with van der Waals surface area (Å²) in [7, 11) is 3.44. The van der Waals surface area contributed by atoms with Crippen molar-refractivity contribution in [3.05, 3.63) is 65.2 Å². The first kappa shape index (κ1) is 16.6. The third kappa shape index (κ3) is 2.82. The fraction of sp³-hybridized carbons (Fsp3) is 0.364. The van der Waals surface area contributed by atoms with Crippen LogP contribution in [0.2, 0.25) is 0 Å². The zero-order chi connectivity index (χ0) is 17.2. The topological polar surface area (TPSA) is 18.5 Å². The third-order valence-corrected chi connectivity index (χ3v) is 5.34. The summed E-state index contributed by atoms with van der Waals surface area (Å²) in [4.78, 5) is 0. The average molecular weight is 322 g/mol. The molecule has 0 saturated heterocycles. The van der Waals surface area contributed by atoms with Crippen LogP contribution < -0.4 is 9.47 Å². The number of ether oxygens (including phenoxy) is 2. The molecule has 2 aromatic carbocycles. The van der Waals surface area contributed by atoms with Crippen LogP contribution in [0.5, 0.6) is 11.5 Å². The van der Waals surface area contributed by atoms with Gasteiger partial charge in [-0.05, 0) is 72.7 Å². The molecule has 0 saturated carbocycles. The maximum Gasteiger partial charge on any atom is 0.119 e. The van der Waals surface area contributed by atoms with Gasteiger partial charge in [0.25, 0.3) is 0 Å². The molecule has 1 unspecified atom stereocenters. The van der Waals surface area contributed by atoms with Gasteiger partial charge in [-0.3, -0.25) is 0 Å². The van der Waals surface area contributed by atoms with Gasteiger partial charge in [0.05, 0.1) is 14.2 Å². The van der Waals surface area contributed by atoms with Gasteiger partial charge < -0.3 is 9.47 Å². The Bertz CT molecular complexity index is 743. The summed E-state index contributed by atoms with van der Waals surface area (Å²) in [5, 5.41) is 0. The van der Waals surface area contributed by atoms with Crippen molar-refractivity contribution in [1.82, 2.24) is 0 Å².